The normalized spacial score (nSPS) is 11.7. The molecule has 0 unspecified atom stereocenters. The maximum Gasteiger partial charge on any atom is 0.145 e. The fourth-order valence-corrected chi connectivity index (χ4v) is 7.34. The van der Waals surface area contributed by atoms with Crippen molar-refractivity contribution in [2.24, 2.45) is 0 Å². The average molecular weight is 629 g/mol. The third kappa shape index (κ3) is 4.33. The number of hydrogen-bond donors (Lipinski definition) is 0. The van der Waals surface area contributed by atoms with Crippen molar-refractivity contribution in [3.63, 3.8) is 0 Å². The van der Waals surface area contributed by atoms with Gasteiger partial charge in [-0.15, -0.1) is 0 Å². The lowest BCUT2D eigenvalue weighted by atomic mass is 9.96. The SMILES string of the molecule is c1ccc(-c2cccc3c2c2ccc(Oc4ccc5c6ccccc6n(-c6ccccn6)c5c4)cc2c2ncc(-c4ccccc4)n32)cc1. The van der Waals surface area contributed by atoms with Crippen LogP contribution in [-0.2, 0) is 0 Å². The predicted molar refractivity (Wildman–Crippen MR) is 200 cm³/mol. The molecule has 49 heavy (non-hydrogen) atoms. The number of nitrogens with zero attached hydrogens (tertiary/aromatic N) is 4. The number of hydrogen-bond acceptors (Lipinski definition) is 3. The lowest BCUT2D eigenvalue weighted by Crippen LogP contribution is -1.97. The smallest absolute Gasteiger partial charge is 0.145 e. The molecule has 0 aliphatic heterocycles. The molecule has 0 aliphatic rings. The van der Waals surface area contributed by atoms with Gasteiger partial charge in [-0.2, -0.15) is 0 Å². The second-order valence-electron chi connectivity index (χ2n) is 12.3. The van der Waals surface area contributed by atoms with E-state index in [0.29, 0.717) is 0 Å². The predicted octanol–water partition coefficient (Wildman–Crippen LogP) is 11.3. The molecule has 0 atom stereocenters. The summed E-state index contributed by atoms with van der Waals surface area (Å²) >= 11 is 0. The lowest BCUT2D eigenvalue weighted by Gasteiger charge is -2.16. The Morgan fingerprint density at radius 2 is 1.16 bits per heavy atom. The number of para-hydroxylation sites is 1. The molecule has 0 saturated heterocycles. The Hall–Kier alpha value is -6.72. The van der Waals surface area contributed by atoms with Gasteiger partial charge in [-0.25, -0.2) is 9.97 Å². The zero-order valence-electron chi connectivity index (χ0n) is 26.4. The number of ether oxygens (including phenoxy) is 1. The Morgan fingerprint density at radius 1 is 0.469 bits per heavy atom. The summed E-state index contributed by atoms with van der Waals surface area (Å²) in [7, 11) is 0. The zero-order chi connectivity index (χ0) is 32.3. The minimum absolute atomic E-state index is 0.745. The van der Waals surface area contributed by atoms with Crippen LogP contribution in [0.15, 0.2) is 170 Å². The fraction of sp³-hybridized carbons (Fsp3) is 0. The van der Waals surface area contributed by atoms with Gasteiger partial charge in [0, 0.05) is 39.4 Å². The summed E-state index contributed by atoms with van der Waals surface area (Å²) in [6.07, 6.45) is 3.81. The van der Waals surface area contributed by atoms with Crippen LogP contribution < -0.4 is 4.74 Å². The second-order valence-corrected chi connectivity index (χ2v) is 12.3. The first-order valence-corrected chi connectivity index (χ1v) is 16.4. The van der Waals surface area contributed by atoms with Crippen molar-refractivity contribution in [3.8, 4) is 39.7 Å². The van der Waals surface area contributed by atoms with Gasteiger partial charge in [0.15, 0.2) is 0 Å². The molecule has 230 valence electrons. The van der Waals surface area contributed by atoms with Crippen molar-refractivity contribution < 1.29 is 4.74 Å². The van der Waals surface area contributed by atoms with Crippen LogP contribution in [0.25, 0.3) is 77.3 Å². The molecule has 0 aliphatic carbocycles. The molecule has 0 saturated carbocycles. The van der Waals surface area contributed by atoms with E-state index in [1.54, 1.807) is 0 Å². The van der Waals surface area contributed by atoms with Crippen LogP contribution in [0, 0.1) is 0 Å². The molecule has 5 nitrogen and oxygen atoms in total. The van der Waals surface area contributed by atoms with Gasteiger partial charge in [-0.1, -0.05) is 97.1 Å². The fourth-order valence-electron chi connectivity index (χ4n) is 7.34. The molecular formula is C44H28N4O. The van der Waals surface area contributed by atoms with Crippen molar-refractivity contribution in [1.82, 2.24) is 18.9 Å². The van der Waals surface area contributed by atoms with E-state index in [0.717, 1.165) is 66.9 Å². The molecule has 4 heterocycles. The molecule has 0 radical (unpaired) electrons. The number of imidazole rings is 1. The quantitative estimate of drug-likeness (QED) is 0.178. The first kappa shape index (κ1) is 27.4. The standard InChI is InChI=1S/C44H28N4O/c1-3-12-29(13-4-1)33-17-11-19-39-43(33)36-24-22-31(26-37(36)44-46-28-41(48(39)44)30-14-5-2-6-15-30)49-32-21-23-35-34-16-7-8-18-38(34)47(40(35)27-32)42-20-9-10-25-45-42/h1-28H. The monoisotopic (exact) mass is 628 g/mol. The molecule has 10 rings (SSSR count). The maximum absolute atomic E-state index is 6.68. The summed E-state index contributed by atoms with van der Waals surface area (Å²) in [4.78, 5) is 9.72. The van der Waals surface area contributed by atoms with Gasteiger partial charge in [-0.3, -0.25) is 8.97 Å². The van der Waals surface area contributed by atoms with E-state index < -0.39 is 0 Å². The summed E-state index contributed by atoms with van der Waals surface area (Å²) in [6.45, 7) is 0. The van der Waals surface area contributed by atoms with Crippen LogP contribution in [0.5, 0.6) is 11.5 Å². The molecule has 0 N–H and O–H groups in total. The van der Waals surface area contributed by atoms with Crippen LogP contribution in [0.1, 0.15) is 0 Å². The van der Waals surface area contributed by atoms with Gasteiger partial charge in [0.1, 0.15) is 23.0 Å². The molecule has 6 aromatic carbocycles. The Balaban J connectivity index is 1.19. The van der Waals surface area contributed by atoms with E-state index >= 15 is 0 Å². The Morgan fingerprint density at radius 3 is 1.98 bits per heavy atom. The topological polar surface area (TPSA) is 44.3 Å². The number of aromatic nitrogens is 4. The Labute approximate surface area is 281 Å². The largest absolute Gasteiger partial charge is 0.457 e. The molecule has 5 heteroatoms. The molecular weight excluding hydrogens is 601 g/mol. The summed E-state index contributed by atoms with van der Waals surface area (Å²) in [6, 6.07) is 54.8. The van der Waals surface area contributed by atoms with E-state index in [-0.39, 0.29) is 0 Å². The second kappa shape index (κ2) is 10.9. The lowest BCUT2D eigenvalue weighted by molar-refractivity contribution is 0.484. The van der Waals surface area contributed by atoms with E-state index in [9.17, 15) is 0 Å². The van der Waals surface area contributed by atoms with Crippen LogP contribution in [-0.4, -0.2) is 18.9 Å². The van der Waals surface area contributed by atoms with Gasteiger partial charge >= 0.3 is 0 Å². The first-order valence-electron chi connectivity index (χ1n) is 16.4. The zero-order valence-corrected chi connectivity index (χ0v) is 26.4. The summed E-state index contributed by atoms with van der Waals surface area (Å²) < 4.78 is 11.2. The highest BCUT2D eigenvalue weighted by atomic mass is 16.5. The van der Waals surface area contributed by atoms with Crippen molar-refractivity contribution in [2.75, 3.05) is 0 Å². The average Bonchev–Trinajstić information content (AvgIpc) is 3.76. The van der Waals surface area contributed by atoms with E-state index in [1.807, 2.05) is 42.7 Å². The van der Waals surface area contributed by atoms with E-state index in [4.69, 9.17) is 9.72 Å². The minimum Gasteiger partial charge on any atom is -0.457 e. The Kier molecular flexibility index (Phi) is 6.11. The number of benzene rings is 6. The van der Waals surface area contributed by atoms with Crippen molar-refractivity contribution in [2.45, 2.75) is 0 Å². The van der Waals surface area contributed by atoms with Crippen molar-refractivity contribution >= 4 is 49.1 Å². The van der Waals surface area contributed by atoms with Crippen LogP contribution >= 0.6 is 0 Å². The van der Waals surface area contributed by atoms with Gasteiger partial charge in [0.25, 0.3) is 0 Å². The first-order chi connectivity index (χ1) is 24.3. The van der Waals surface area contributed by atoms with Gasteiger partial charge in [-0.05, 0) is 71.1 Å². The van der Waals surface area contributed by atoms with E-state index in [1.165, 1.54) is 21.9 Å². The third-order valence-electron chi connectivity index (χ3n) is 9.46. The van der Waals surface area contributed by atoms with Gasteiger partial charge in [0.05, 0.1) is 28.4 Å². The highest BCUT2D eigenvalue weighted by Crippen LogP contribution is 2.41. The van der Waals surface area contributed by atoms with Gasteiger partial charge in [0.2, 0.25) is 0 Å². The number of pyridine rings is 2. The summed E-state index contributed by atoms with van der Waals surface area (Å²) in [5.74, 6) is 2.37. The van der Waals surface area contributed by atoms with Crippen LogP contribution in [0.2, 0.25) is 0 Å². The molecule has 0 bridgehead atoms. The van der Waals surface area contributed by atoms with Crippen molar-refractivity contribution in [1.29, 1.82) is 0 Å². The number of fused-ring (bicyclic) bond motifs is 9. The molecule has 0 amide bonds. The molecule has 0 spiro atoms. The molecule has 4 aromatic heterocycles. The Bertz CT molecular complexity index is 2840. The van der Waals surface area contributed by atoms with Crippen LogP contribution in [0.4, 0.5) is 0 Å². The minimum atomic E-state index is 0.745. The summed E-state index contributed by atoms with van der Waals surface area (Å²) in [5.41, 5.74) is 8.67. The van der Waals surface area contributed by atoms with Crippen molar-refractivity contribution in [3.05, 3.63) is 170 Å². The van der Waals surface area contributed by atoms with Crippen LogP contribution in [0.3, 0.4) is 0 Å². The maximum atomic E-state index is 6.68. The highest BCUT2D eigenvalue weighted by Gasteiger charge is 2.19. The van der Waals surface area contributed by atoms with Gasteiger partial charge < -0.3 is 4.74 Å². The molecule has 0 fully saturated rings. The van der Waals surface area contributed by atoms with E-state index in [2.05, 4.69) is 141 Å². The summed E-state index contributed by atoms with van der Waals surface area (Å²) in [5, 5.41) is 5.67. The molecule has 10 aromatic rings. The third-order valence-corrected chi connectivity index (χ3v) is 9.46. The highest BCUT2D eigenvalue weighted by molar-refractivity contribution is 6.18. The number of rotatable bonds is 5.